The van der Waals surface area contributed by atoms with Gasteiger partial charge in [0.1, 0.15) is 36.1 Å². The molecule has 4 N–H and O–H groups in total. The van der Waals surface area contributed by atoms with Crippen molar-refractivity contribution in [3.05, 3.63) is 65.9 Å². The maximum absolute atomic E-state index is 13.9. The van der Waals surface area contributed by atoms with E-state index < -0.39 is 24.3 Å². The molecule has 0 unspecified atom stereocenters. The molecule has 2 aromatic heterocycles. The van der Waals surface area contributed by atoms with Gasteiger partial charge in [0, 0.05) is 23.0 Å². The van der Waals surface area contributed by atoms with E-state index in [4.69, 9.17) is 24.2 Å². The maximum atomic E-state index is 13.9. The predicted molar refractivity (Wildman–Crippen MR) is 226 cm³/mol. The molecule has 0 spiro atoms. The zero-order valence-electron chi connectivity index (χ0n) is 35.3. The van der Waals surface area contributed by atoms with Gasteiger partial charge >= 0.3 is 12.2 Å². The largest absolute Gasteiger partial charge is 0.488 e. The van der Waals surface area contributed by atoms with Crippen molar-refractivity contribution in [2.75, 3.05) is 14.2 Å². The molecule has 0 aliphatic carbocycles. The molecule has 8 rings (SSSR count). The van der Waals surface area contributed by atoms with Crippen LogP contribution in [0.5, 0.6) is 5.75 Å². The first-order chi connectivity index (χ1) is 28.9. The third-order valence-electron chi connectivity index (χ3n) is 12.6. The Morgan fingerprint density at radius 1 is 0.867 bits per heavy atom. The number of rotatable bonds is 10. The van der Waals surface area contributed by atoms with Gasteiger partial charge in [-0.1, -0.05) is 45.9 Å². The molecular formula is C45H54N8O7. The number of H-pyrrole nitrogens is 2. The van der Waals surface area contributed by atoms with Gasteiger partial charge in [0.25, 0.3) is 0 Å². The summed E-state index contributed by atoms with van der Waals surface area (Å²) in [6, 6.07) is 12.8. The minimum Gasteiger partial charge on any atom is -0.488 e. The first-order valence-corrected chi connectivity index (χ1v) is 21.0. The summed E-state index contributed by atoms with van der Waals surface area (Å²) in [5.74, 6) is 1.80. The Hall–Kier alpha value is -6.12. The Bertz CT molecular complexity index is 2460. The number of likely N-dealkylation sites (tertiary alicyclic amines) is 2. The summed E-state index contributed by atoms with van der Waals surface area (Å²) >= 11 is 0. The lowest BCUT2D eigenvalue weighted by atomic mass is 9.92. The number of carbonyl (C=O) groups is 4. The van der Waals surface area contributed by atoms with Gasteiger partial charge in [0.2, 0.25) is 11.8 Å². The minimum atomic E-state index is -0.718. The summed E-state index contributed by atoms with van der Waals surface area (Å²) in [4.78, 5) is 72.6. The van der Waals surface area contributed by atoms with Crippen LogP contribution < -0.4 is 15.4 Å². The SMILES string of the molecule is CC[C@H]1CC[C@@H](c2nc3c(ccc4cc5c(cc43)OCc3cc(-c4cnc([C@@H]6CC[C@H](C)N6C(=O)[C@@H](NC(=O)OC)C(C)C)[nH]4)ccc3-5)[nH]2)N1C(=O)[C@H](CC)NC(=O)OC. The van der Waals surface area contributed by atoms with Crippen LogP contribution in [0.15, 0.2) is 48.7 Å². The number of nitrogens with zero attached hydrogens (tertiary/aromatic N) is 4. The van der Waals surface area contributed by atoms with Crippen LogP contribution >= 0.6 is 0 Å². The number of amides is 4. The average Bonchev–Trinajstić information content (AvgIpc) is 4.08. The van der Waals surface area contributed by atoms with Crippen molar-refractivity contribution in [1.29, 1.82) is 0 Å². The number of hydrogen-bond acceptors (Lipinski definition) is 9. The minimum absolute atomic E-state index is 0.0151. The molecule has 3 aliphatic rings. The highest BCUT2D eigenvalue weighted by atomic mass is 16.5. The fraction of sp³-hybridized carbons (Fsp3) is 0.467. The summed E-state index contributed by atoms with van der Waals surface area (Å²) in [6.45, 7) is 10.2. The normalized spacial score (nSPS) is 20.7. The number of nitrogens with one attached hydrogen (secondary N) is 4. The van der Waals surface area contributed by atoms with Gasteiger partial charge in [-0.2, -0.15) is 0 Å². The fourth-order valence-corrected chi connectivity index (χ4v) is 9.37. The monoisotopic (exact) mass is 818 g/mol. The molecular weight excluding hydrogens is 765 g/mol. The van der Waals surface area contributed by atoms with Crippen molar-refractivity contribution in [2.45, 2.75) is 116 Å². The van der Waals surface area contributed by atoms with Gasteiger partial charge in [0.05, 0.1) is 49.2 Å². The predicted octanol–water partition coefficient (Wildman–Crippen LogP) is 7.67. The first kappa shape index (κ1) is 40.7. The molecule has 15 nitrogen and oxygen atoms in total. The van der Waals surface area contributed by atoms with E-state index in [9.17, 15) is 19.2 Å². The summed E-state index contributed by atoms with van der Waals surface area (Å²) in [7, 11) is 2.59. The van der Waals surface area contributed by atoms with E-state index in [0.29, 0.717) is 18.9 Å². The Labute approximate surface area is 348 Å². The molecule has 0 bridgehead atoms. The van der Waals surface area contributed by atoms with Gasteiger partial charge < -0.3 is 44.6 Å². The third kappa shape index (κ3) is 7.27. The molecule has 2 fully saturated rings. The van der Waals surface area contributed by atoms with Gasteiger partial charge in [0.15, 0.2) is 0 Å². The van der Waals surface area contributed by atoms with E-state index in [2.05, 4.69) is 63.9 Å². The van der Waals surface area contributed by atoms with Crippen molar-refractivity contribution in [2.24, 2.45) is 5.92 Å². The van der Waals surface area contributed by atoms with Crippen molar-refractivity contribution in [3.8, 4) is 28.1 Å². The number of benzene rings is 3. The van der Waals surface area contributed by atoms with Crippen LogP contribution in [-0.2, 0) is 25.7 Å². The number of aromatic nitrogens is 4. The zero-order valence-corrected chi connectivity index (χ0v) is 35.3. The van der Waals surface area contributed by atoms with Crippen molar-refractivity contribution < 1.29 is 33.4 Å². The Kier molecular flexibility index (Phi) is 11.2. The lowest BCUT2D eigenvalue weighted by Gasteiger charge is -2.32. The quantitative estimate of drug-likeness (QED) is 0.110. The molecule has 3 aliphatic heterocycles. The maximum Gasteiger partial charge on any atom is 0.407 e. The van der Waals surface area contributed by atoms with Crippen LogP contribution in [0.3, 0.4) is 0 Å². The average molecular weight is 819 g/mol. The highest BCUT2D eigenvalue weighted by molar-refractivity contribution is 6.07. The topological polar surface area (TPSA) is 184 Å². The molecule has 3 aromatic carbocycles. The lowest BCUT2D eigenvalue weighted by Crippen LogP contribution is -2.52. The standard InChI is InChI=1S/C45H54N8O7/c1-8-28-13-17-36(53(28)42(54)32(9-2)49-44(56)58-6)41-47-33-15-12-25-19-31-29-14-11-26(18-27(29)22-60-37(31)20-30(25)39(33)50-41)34-21-46-40(48-34)35-16-10-24(5)52(35)43(55)38(23(3)4)51-45(57)59-7/h11-12,14-15,18-21,23-24,28,32,35-36,38H,8-10,13,16-17,22H2,1-7H3,(H,46,48)(H,47,50)(H,49,56)(H,51,57)/t24-,28-,32-,35-,36-,38-/m0/s1. The highest BCUT2D eigenvalue weighted by Gasteiger charge is 2.42. The number of alkyl carbamates (subject to hydrolysis) is 2. The smallest absolute Gasteiger partial charge is 0.407 e. The van der Waals surface area contributed by atoms with Gasteiger partial charge in [-0.15, -0.1) is 0 Å². The van der Waals surface area contributed by atoms with Crippen LogP contribution in [0, 0.1) is 5.92 Å². The van der Waals surface area contributed by atoms with E-state index in [1.54, 1.807) is 0 Å². The summed E-state index contributed by atoms with van der Waals surface area (Å²) in [5.41, 5.74) is 6.61. The van der Waals surface area contributed by atoms with Gasteiger partial charge in [-0.3, -0.25) is 9.59 Å². The molecule has 0 saturated carbocycles. The summed E-state index contributed by atoms with van der Waals surface area (Å²) < 4.78 is 16.0. The Balaban J connectivity index is 1.05. The summed E-state index contributed by atoms with van der Waals surface area (Å²) in [6.07, 6.45) is 4.99. The number of methoxy groups -OCH3 is 2. The molecule has 316 valence electrons. The molecule has 2 saturated heterocycles. The van der Waals surface area contributed by atoms with Crippen LogP contribution in [0.1, 0.15) is 102 Å². The number of fused-ring (bicyclic) bond motifs is 6. The molecule has 4 amide bonds. The number of hydrogen-bond donors (Lipinski definition) is 4. The Morgan fingerprint density at radius 3 is 2.35 bits per heavy atom. The zero-order chi connectivity index (χ0) is 42.4. The van der Waals surface area contributed by atoms with Crippen molar-refractivity contribution >= 4 is 45.8 Å². The molecule has 6 atom stereocenters. The van der Waals surface area contributed by atoms with Gasteiger partial charge in [-0.25, -0.2) is 19.6 Å². The Morgan fingerprint density at radius 2 is 1.62 bits per heavy atom. The van der Waals surface area contributed by atoms with Crippen LogP contribution in [0.4, 0.5) is 9.59 Å². The van der Waals surface area contributed by atoms with Crippen LogP contribution in [0.25, 0.3) is 44.2 Å². The van der Waals surface area contributed by atoms with E-state index >= 15 is 0 Å². The highest BCUT2D eigenvalue weighted by Crippen LogP contribution is 2.44. The molecule has 0 radical (unpaired) electrons. The first-order valence-electron chi connectivity index (χ1n) is 21.0. The second-order valence-corrected chi connectivity index (χ2v) is 16.5. The van der Waals surface area contributed by atoms with Crippen molar-refractivity contribution in [1.82, 2.24) is 40.4 Å². The lowest BCUT2D eigenvalue weighted by molar-refractivity contribution is -0.137. The van der Waals surface area contributed by atoms with E-state index in [-0.39, 0.29) is 41.9 Å². The van der Waals surface area contributed by atoms with Gasteiger partial charge in [-0.05, 0) is 97.7 Å². The molecule has 15 heteroatoms. The number of imidazole rings is 2. The third-order valence-corrected chi connectivity index (χ3v) is 12.6. The van der Waals surface area contributed by atoms with Crippen LogP contribution in [-0.4, -0.2) is 92.1 Å². The molecule has 60 heavy (non-hydrogen) atoms. The van der Waals surface area contributed by atoms with Crippen LogP contribution in [0.2, 0.25) is 0 Å². The van der Waals surface area contributed by atoms with E-state index in [1.807, 2.05) is 49.8 Å². The number of carbonyl (C=O) groups excluding carboxylic acids is 4. The molecule has 5 aromatic rings. The second kappa shape index (κ2) is 16.5. The fourth-order valence-electron chi connectivity index (χ4n) is 9.37. The van der Waals surface area contributed by atoms with E-state index in [1.165, 1.54) is 14.2 Å². The second-order valence-electron chi connectivity index (χ2n) is 16.5. The number of aromatic amines is 2. The summed E-state index contributed by atoms with van der Waals surface area (Å²) in [5, 5.41) is 7.41. The number of ether oxygens (including phenoxy) is 3. The molecule has 5 heterocycles. The van der Waals surface area contributed by atoms with Crippen molar-refractivity contribution in [3.63, 3.8) is 0 Å². The van der Waals surface area contributed by atoms with E-state index in [0.717, 1.165) is 93.4 Å².